The van der Waals surface area contributed by atoms with E-state index in [1.165, 1.54) is 5.56 Å². The number of ether oxygens (including phenoxy) is 1. The summed E-state index contributed by atoms with van der Waals surface area (Å²) in [6.07, 6.45) is 1.05. The van der Waals surface area contributed by atoms with Crippen LogP contribution in [0.4, 0.5) is 5.82 Å². The second-order valence-electron chi connectivity index (χ2n) is 7.76. The van der Waals surface area contributed by atoms with Gasteiger partial charge in [0.05, 0.1) is 18.4 Å². The standard InChI is InChI=1S/C22H32BrN3O.C2H6.C2H4/c1-9-14(4)19-11-10-16(22(24-19)27-8)20-18(23)12-17(15(5)13(2)3)21(25-20)26(6)7;2*1-2/h10-15H,9H2,1-8H3;1-2H3;1-2H2. The van der Waals surface area contributed by atoms with Gasteiger partial charge < -0.3 is 9.64 Å². The summed E-state index contributed by atoms with van der Waals surface area (Å²) in [5, 5.41) is 0. The normalized spacial score (nSPS) is 12.1. The van der Waals surface area contributed by atoms with Crippen LogP contribution < -0.4 is 9.64 Å². The molecule has 0 fully saturated rings. The molecule has 0 amide bonds. The summed E-state index contributed by atoms with van der Waals surface area (Å²) in [5.41, 5.74) is 4.06. The van der Waals surface area contributed by atoms with Gasteiger partial charge in [0, 0.05) is 24.3 Å². The van der Waals surface area contributed by atoms with Crippen molar-refractivity contribution in [1.29, 1.82) is 0 Å². The molecule has 2 aromatic heterocycles. The minimum atomic E-state index is 0.399. The van der Waals surface area contributed by atoms with Gasteiger partial charge in [0.25, 0.3) is 0 Å². The van der Waals surface area contributed by atoms with Crippen LogP contribution in [0.1, 0.15) is 78.0 Å². The molecule has 0 saturated heterocycles. The fourth-order valence-electron chi connectivity index (χ4n) is 3.01. The van der Waals surface area contributed by atoms with Gasteiger partial charge in [0.1, 0.15) is 5.82 Å². The van der Waals surface area contributed by atoms with E-state index in [4.69, 9.17) is 14.7 Å². The molecular formula is C26H42BrN3O. The fourth-order valence-corrected chi connectivity index (χ4v) is 3.56. The minimum absolute atomic E-state index is 0.399. The predicted octanol–water partition coefficient (Wildman–Crippen LogP) is 8.08. The van der Waals surface area contributed by atoms with Gasteiger partial charge in [-0.3, -0.25) is 0 Å². The number of aromatic nitrogens is 2. The molecule has 0 aliphatic rings. The maximum Gasteiger partial charge on any atom is 0.222 e. The molecule has 0 aliphatic carbocycles. The number of methoxy groups -OCH3 is 1. The Bertz CT molecular complexity index is 805. The summed E-state index contributed by atoms with van der Waals surface area (Å²) in [6, 6.07) is 6.36. The Hall–Kier alpha value is -1.88. The van der Waals surface area contributed by atoms with Crippen molar-refractivity contribution in [3.63, 3.8) is 0 Å². The lowest BCUT2D eigenvalue weighted by Crippen LogP contribution is -2.17. The lowest BCUT2D eigenvalue weighted by atomic mass is 9.90. The van der Waals surface area contributed by atoms with Crippen LogP contribution in [0, 0.1) is 5.92 Å². The molecule has 0 aliphatic heterocycles. The van der Waals surface area contributed by atoms with Crippen molar-refractivity contribution in [2.45, 2.75) is 66.7 Å². The third-order valence-corrected chi connectivity index (χ3v) is 5.95. The van der Waals surface area contributed by atoms with E-state index in [1.54, 1.807) is 7.11 Å². The Labute approximate surface area is 199 Å². The Morgan fingerprint density at radius 2 is 1.65 bits per heavy atom. The molecule has 2 heterocycles. The van der Waals surface area contributed by atoms with Crippen molar-refractivity contribution in [3.8, 4) is 17.1 Å². The van der Waals surface area contributed by atoms with Crippen molar-refractivity contribution in [1.82, 2.24) is 9.97 Å². The van der Waals surface area contributed by atoms with E-state index in [2.05, 4.69) is 86.8 Å². The first-order chi connectivity index (χ1) is 14.7. The molecule has 0 saturated carbocycles. The molecule has 0 radical (unpaired) electrons. The fraction of sp³-hybridized carbons (Fsp3) is 0.538. The zero-order valence-corrected chi connectivity index (χ0v) is 22.8. The van der Waals surface area contributed by atoms with E-state index in [0.717, 1.165) is 33.7 Å². The third kappa shape index (κ3) is 7.34. The Kier molecular flexibility index (Phi) is 13.4. The van der Waals surface area contributed by atoms with Crippen molar-refractivity contribution in [2.24, 2.45) is 5.92 Å². The van der Waals surface area contributed by atoms with Crippen LogP contribution in [0.15, 0.2) is 35.8 Å². The van der Waals surface area contributed by atoms with Gasteiger partial charge in [-0.15, -0.1) is 13.2 Å². The average molecular weight is 493 g/mol. The maximum absolute atomic E-state index is 5.62. The van der Waals surface area contributed by atoms with Crippen LogP contribution >= 0.6 is 15.9 Å². The largest absolute Gasteiger partial charge is 0.480 e. The summed E-state index contributed by atoms with van der Waals surface area (Å²) in [6.45, 7) is 21.1. The molecule has 31 heavy (non-hydrogen) atoms. The monoisotopic (exact) mass is 491 g/mol. The molecule has 0 N–H and O–H groups in total. The van der Waals surface area contributed by atoms with Gasteiger partial charge in [0.15, 0.2) is 0 Å². The smallest absolute Gasteiger partial charge is 0.222 e. The van der Waals surface area contributed by atoms with E-state index >= 15 is 0 Å². The number of hydrogen-bond donors (Lipinski definition) is 0. The van der Waals surface area contributed by atoms with Crippen LogP contribution in [-0.2, 0) is 0 Å². The van der Waals surface area contributed by atoms with Crippen LogP contribution in [-0.4, -0.2) is 31.2 Å². The Balaban J connectivity index is 0.00000212. The lowest BCUT2D eigenvalue weighted by Gasteiger charge is -2.24. The predicted molar refractivity (Wildman–Crippen MR) is 141 cm³/mol. The second-order valence-corrected chi connectivity index (χ2v) is 8.62. The number of hydrogen-bond acceptors (Lipinski definition) is 4. The van der Waals surface area contributed by atoms with E-state index in [1.807, 2.05) is 27.9 Å². The number of pyridine rings is 2. The molecule has 2 rings (SSSR count). The average Bonchev–Trinajstić information content (AvgIpc) is 2.79. The van der Waals surface area contributed by atoms with Crippen LogP contribution in [0.3, 0.4) is 0 Å². The molecule has 5 heteroatoms. The lowest BCUT2D eigenvalue weighted by molar-refractivity contribution is 0.396. The SMILES string of the molecule is C=C.CC.CCC(C)c1ccc(-c2nc(N(C)C)c(C(C)C(C)C)cc2Br)c(OC)n1. The quantitative estimate of drug-likeness (QED) is 0.366. The van der Waals surface area contributed by atoms with E-state index in [-0.39, 0.29) is 0 Å². The zero-order valence-electron chi connectivity index (χ0n) is 21.2. The summed E-state index contributed by atoms with van der Waals surface area (Å²) in [7, 11) is 5.75. The molecule has 2 aromatic rings. The van der Waals surface area contributed by atoms with Crippen LogP contribution in [0.2, 0.25) is 0 Å². The van der Waals surface area contributed by atoms with Crippen molar-refractivity contribution in [3.05, 3.63) is 47.1 Å². The van der Waals surface area contributed by atoms with Crippen molar-refractivity contribution < 1.29 is 4.74 Å². The van der Waals surface area contributed by atoms with Crippen molar-refractivity contribution in [2.75, 3.05) is 26.1 Å². The number of halogens is 1. The molecular weight excluding hydrogens is 450 g/mol. The number of nitrogens with zero attached hydrogens (tertiary/aromatic N) is 3. The van der Waals surface area contributed by atoms with E-state index in [9.17, 15) is 0 Å². The van der Waals surface area contributed by atoms with E-state index in [0.29, 0.717) is 23.6 Å². The molecule has 4 nitrogen and oxygen atoms in total. The van der Waals surface area contributed by atoms with Gasteiger partial charge >= 0.3 is 0 Å². The topological polar surface area (TPSA) is 38.2 Å². The van der Waals surface area contributed by atoms with Crippen LogP contribution in [0.5, 0.6) is 5.88 Å². The highest BCUT2D eigenvalue weighted by molar-refractivity contribution is 9.10. The molecule has 0 bridgehead atoms. The second kappa shape index (κ2) is 14.2. The van der Waals surface area contributed by atoms with Gasteiger partial charge in [-0.25, -0.2) is 9.97 Å². The molecule has 0 aromatic carbocycles. The summed E-state index contributed by atoms with van der Waals surface area (Å²) in [5.74, 6) is 2.95. The van der Waals surface area contributed by atoms with E-state index < -0.39 is 0 Å². The highest BCUT2D eigenvalue weighted by Gasteiger charge is 2.22. The molecule has 0 spiro atoms. The first-order valence-electron chi connectivity index (χ1n) is 11.1. The van der Waals surface area contributed by atoms with Gasteiger partial charge in [-0.2, -0.15) is 0 Å². The summed E-state index contributed by atoms with van der Waals surface area (Å²) in [4.78, 5) is 11.8. The summed E-state index contributed by atoms with van der Waals surface area (Å²) >= 11 is 3.74. The van der Waals surface area contributed by atoms with Crippen molar-refractivity contribution >= 4 is 21.7 Å². The molecule has 174 valence electrons. The number of anilines is 1. The highest BCUT2D eigenvalue weighted by atomic mass is 79.9. The third-order valence-electron chi connectivity index (χ3n) is 5.35. The van der Waals surface area contributed by atoms with Gasteiger partial charge in [0.2, 0.25) is 5.88 Å². The molecule has 2 unspecified atom stereocenters. The first kappa shape index (κ1) is 29.1. The summed E-state index contributed by atoms with van der Waals surface area (Å²) < 4.78 is 6.59. The minimum Gasteiger partial charge on any atom is -0.480 e. The maximum atomic E-state index is 5.62. The van der Waals surface area contributed by atoms with Gasteiger partial charge in [-0.05, 0) is 63.9 Å². The van der Waals surface area contributed by atoms with Crippen LogP contribution in [0.25, 0.3) is 11.3 Å². The van der Waals surface area contributed by atoms with Gasteiger partial charge in [-0.1, -0.05) is 48.5 Å². The number of rotatable bonds is 7. The Morgan fingerprint density at radius 1 is 1.06 bits per heavy atom. The zero-order chi connectivity index (χ0) is 24.3. The Morgan fingerprint density at radius 3 is 2.10 bits per heavy atom. The highest BCUT2D eigenvalue weighted by Crippen LogP contribution is 2.39. The first-order valence-corrected chi connectivity index (χ1v) is 11.9. The molecule has 2 atom stereocenters.